The molecule has 0 radical (unpaired) electrons. The van der Waals surface area contributed by atoms with Gasteiger partial charge in [-0.15, -0.1) is 0 Å². The van der Waals surface area contributed by atoms with Gasteiger partial charge in [-0.25, -0.2) is 0 Å². The van der Waals surface area contributed by atoms with Crippen molar-refractivity contribution in [2.75, 3.05) is 0 Å². The van der Waals surface area contributed by atoms with Crippen LogP contribution in [-0.2, 0) is 0 Å². The first-order chi connectivity index (χ1) is 12.5. The Bertz CT molecular complexity index is 542. The minimum atomic E-state index is 1.16. The lowest BCUT2D eigenvalue weighted by Crippen LogP contribution is -1.74. The molecule has 0 unspecified atom stereocenters. The van der Waals surface area contributed by atoms with Gasteiger partial charge in [0.15, 0.2) is 0 Å². The van der Waals surface area contributed by atoms with Gasteiger partial charge in [0.1, 0.15) is 0 Å². The smallest absolute Gasteiger partial charge is 0.0348 e. The third kappa shape index (κ3) is 16.1. The molecule has 0 aromatic carbocycles. The molecular formula is C25H30. The Morgan fingerprint density at radius 2 is 0.480 bits per heavy atom. The Labute approximate surface area is 154 Å². The maximum Gasteiger partial charge on any atom is -0.0348 e. The van der Waals surface area contributed by atoms with Gasteiger partial charge in [-0.1, -0.05) is 128 Å². The van der Waals surface area contributed by atoms with E-state index in [4.69, 9.17) is 0 Å². The molecule has 130 valence electrons. The SMILES string of the molecule is C1=CC=CC=CC=CC=CCCCCCC=CC=CC=CC=CC=C1. The lowest BCUT2D eigenvalue weighted by molar-refractivity contribution is 0.696. The molecule has 0 nitrogen and oxygen atoms in total. The summed E-state index contributed by atoms with van der Waals surface area (Å²) in [6, 6.07) is 0. The van der Waals surface area contributed by atoms with Crippen LogP contribution in [0.25, 0.3) is 0 Å². The van der Waals surface area contributed by atoms with Crippen molar-refractivity contribution < 1.29 is 0 Å². The zero-order chi connectivity index (χ0) is 17.7. The van der Waals surface area contributed by atoms with Crippen LogP contribution in [0, 0.1) is 0 Å². The van der Waals surface area contributed by atoms with Gasteiger partial charge in [0.25, 0.3) is 0 Å². The summed E-state index contributed by atoms with van der Waals surface area (Å²) in [4.78, 5) is 0. The van der Waals surface area contributed by atoms with Crippen LogP contribution in [0.3, 0.4) is 0 Å². The number of hydrogen-bond acceptors (Lipinski definition) is 0. The molecule has 0 spiro atoms. The predicted octanol–water partition coefficient (Wildman–Crippen LogP) is 7.51. The summed E-state index contributed by atoms with van der Waals surface area (Å²) in [5, 5.41) is 0. The lowest BCUT2D eigenvalue weighted by atomic mass is 10.1. The predicted molar refractivity (Wildman–Crippen MR) is 114 cm³/mol. The van der Waals surface area contributed by atoms with Gasteiger partial charge >= 0.3 is 0 Å². The van der Waals surface area contributed by atoms with Crippen LogP contribution in [0.4, 0.5) is 0 Å². The summed E-state index contributed by atoms with van der Waals surface area (Å²) < 4.78 is 0. The summed E-state index contributed by atoms with van der Waals surface area (Å²) in [7, 11) is 0. The molecule has 0 heteroatoms. The van der Waals surface area contributed by atoms with E-state index in [-0.39, 0.29) is 0 Å². The van der Waals surface area contributed by atoms with Crippen molar-refractivity contribution in [3.63, 3.8) is 0 Å². The van der Waals surface area contributed by atoms with E-state index in [1.165, 1.54) is 19.3 Å². The highest BCUT2D eigenvalue weighted by Gasteiger charge is 1.84. The Hall–Kier alpha value is -2.60. The zero-order valence-corrected chi connectivity index (χ0v) is 15.1. The first-order valence-electron chi connectivity index (χ1n) is 9.15. The third-order valence-corrected chi connectivity index (χ3v) is 3.40. The highest BCUT2D eigenvalue weighted by atomic mass is 13.9. The molecule has 0 bridgehead atoms. The second-order valence-corrected chi connectivity index (χ2v) is 5.57. The van der Waals surface area contributed by atoms with Gasteiger partial charge in [0, 0.05) is 0 Å². The summed E-state index contributed by atoms with van der Waals surface area (Å²) in [6.07, 6.45) is 47.5. The Balaban J connectivity index is 2.51. The van der Waals surface area contributed by atoms with Crippen LogP contribution in [0.1, 0.15) is 32.1 Å². The molecule has 0 aromatic heterocycles. The summed E-state index contributed by atoms with van der Waals surface area (Å²) in [5.74, 6) is 0. The van der Waals surface area contributed by atoms with E-state index in [2.05, 4.69) is 48.6 Å². The minimum absolute atomic E-state index is 1.16. The summed E-state index contributed by atoms with van der Waals surface area (Å²) >= 11 is 0. The van der Waals surface area contributed by atoms with E-state index in [9.17, 15) is 0 Å². The largest absolute Gasteiger partial charge is 0.0845 e. The third-order valence-electron chi connectivity index (χ3n) is 3.40. The highest BCUT2D eigenvalue weighted by Crippen LogP contribution is 2.04. The van der Waals surface area contributed by atoms with E-state index in [1.54, 1.807) is 0 Å². The first kappa shape index (κ1) is 20.4. The van der Waals surface area contributed by atoms with Crippen molar-refractivity contribution in [1.82, 2.24) is 0 Å². The number of rotatable bonds is 0. The molecule has 1 rings (SSSR count). The summed E-state index contributed by atoms with van der Waals surface area (Å²) in [5.41, 5.74) is 0. The van der Waals surface area contributed by atoms with Crippen LogP contribution in [0.5, 0.6) is 0 Å². The van der Waals surface area contributed by atoms with Crippen molar-refractivity contribution in [3.8, 4) is 0 Å². The van der Waals surface area contributed by atoms with Crippen molar-refractivity contribution >= 4 is 0 Å². The Morgan fingerprint density at radius 3 is 0.760 bits per heavy atom. The number of allylic oxidation sites excluding steroid dienone is 20. The molecule has 0 aromatic rings. The molecule has 25 heavy (non-hydrogen) atoms. The van der Waals surface area contributed by atoms with E-state index < -0.39 is 0 Å². The lowest BCUT2D eigenvalue weighted by Gasteiger charge is -1.94. The van der Waals surface area contributed by atoms with Gasteiger partial charge < -0.3 is 0 Å². The maximum atomic E-state index is 2.25. The topological polar surface area (TPSA) is 0 Å². The number of hydrogen-bond donors (Lipinski definition) is 0. The molecule has 0 fully saturated rings. The van der Waals surface area contributed by atoms with Gasteiger partial charge in [0.05, 0.1) is 0 Å². The summed E-state index contributed by atoms with van der Waals surface area (Å²) in [6.45, 7) is 0. The fourth-order valence-corrected chi connectivity index (χ4v) is 2.08. The van der Waals surface area contributed by atoms with E-state index >= 15 is 0 Å². The van der Waals surface area contributed by atoms with E-state index in [1.807, 2.05) is 72.9 Å². The van der Waals surface area contributed by atoms with Gasteiger partial charge in [-0.05, 0) is 25.7 Å². The second-order valence-electron chi connectivity index (χ2n) is 5.57. The van der Waals surface area contributed by atoms with Crippen LogP contribution in [-0.4, -0.2) is 0 Å². The van der Waals surface area contributed by atoms with Crippen molar-refractivity contribution in [1.29, 1.82) is 0 Å². The van der Waals surface area contributed by atoms with Crippen molar-refractivity contribution in [3.05, 3.63) is 122 Å². The van der Waals surface area contributed by atoms with Crippen LogP contribution < -0.4 is 0 Å². The Morgan fingerprint density at radius 1 is 0.240 bits per heavy atom. The van der Waals surface area contributed by atoms with E-state index in [0.29, 0.717) is 0 Å². The molecule has 0 saturated carbocycles. The van der Waals surface area contributed by atoms with Gasteiger partial charge in [-0.3, -0.25) is 0 Å². The monoisotopic (exact) mass is 330 g/mol. The fraction of sp³-hybridized carbons (Fsp3) is 0.200. The zero-order valence-electron chi connectivity index (χ0n) is 15.1. The standard InChI is InChI=1S/C25H30/c1-2-4-6-8-10-12-14-16-18-20-22-24-25-23-21-19-17-15-13-11-9-7-5-3-1/h1-20H,21-25H2. The van der Waals surface area contributed by atoms with Crippen LogP contribution >= 0.6 is 0 Å². The molecule has 0 amide bonds. The highest BCUT2D eigenvalue weighted by molar-refractivity contribution is 5.22. The molecule has 1 aliphatic carbocycles. The average molecular weight is 331 g/mol. The van der Waals surface area contributed by atoms with Gasteiger partial charge in [0.2, 0.25) is 0 Å². The Kier molecular flexibility index (Phi) is 14.5. The molecule has 0 aliphatic heterocycles. The second kappa shape index (κ2) is 17.7. The minimum Gasteiger partial charge on any atom is -0.0845 e. The van der Waals surface area contributed by atoms with E-state index in [0.717, 1.165) is 12.8 Å². The van der Waals surface area contributed by atoms with Crippen molar-refractivity contribution in [2.24, 2.45) is 0 Å². The van der Waals surface area contributed by atoms with Crippen LogP contribution in [0.15, 0.2) is 122 Å². The molecule has 0 atom stereocenters. The van der Waals surface area contributed by atoms with Gasteiger partial charge in [-0.2, -0.15) is 0 Å². The molecule has 0 heterocycles. The van der Waals surface area contributed by atoms with Crippen LogP contribution in [0.2, 0.25) is 0 Å². The first-order valence-corrected chi connectivity index (χ1v) is 9.15. The van der Waals surface area contributed by atoms with Crippen molar-refractivity contribution in [2.45, 2.75) is 32.1 Å². The molecule has 1 aliphatic rings. The normalized spacial score (nSPS) is 17.6. The molecule has 0 N–H and O–H groups in total. The molecular weight excluding hydrogens is 300 g/mol. The quantitative estimate of drug-likeness (QED) is 0.431. The maximum absolute atomic E-state index is 2.25. The average Bonchev–Trinajstić information content (AvgIpc) is 2.62. The fourth-order valence-electron chi connectivity index (χ4n) is 2.08. The molecule has 0 saturated heterocycles.